The van der Waals surface area contributed by atoms with E-state index in [0.717, 1.165) is 13.0 Å². The molecule has 0 radical (unpaired) electrons. The molecular weight excluding hydrogens is 166 g/mol. The van der Waals surface area contributed by atoms with Gasteiger partial charge in [-0.1, -0.05) is 32.6 Å². The second-order valence-electron chi connectivity index (χ2n) is 3.24. The van der Waals surface area contributed by atoms with E-state index in [0.29, 0.717) is 13.0 Å². The minimum atomic E-state index is -0.286. The van der Waals surface area contributed by atoms with Crippen molar-refractivity contribution in [2.24, 2.45) is 5.73 Å². The molecule has 0 aliphatic heterocycles. The maximum absolute atomic E-state index is 10.3. The summed E-state index contributed by atoms with van der Waals surface area (Å²) in [5.41, 5.74) is 4.95. The lowest BCUT2D eigenvalue weighted by Crippen LogP contribution is -2.13. The monoisotopic (exact) mass is 187 g/mol. The van der Waals surface area contributed by atoms with Gasteiger partial charge in [0.1, 0.15) is 0 Å². The zero-order chi connectivity index (χ0) is 9.94. The van der Waals surface area contributed by atoms with Crippen LogP contribution in [0.15, 0.2) is 0 Å². The molecule has 0 saturated carbocycles. The molecule has 78 valence electrons. The quantitative estimate of drug-likeness (QED) is 0.560. The molecule has 0 aromatic carbocycles. The summed E-state index contributed by atoms with van der Waals surface area (Å²) >= 11 is 0. The predicted octanol–water partition coefficient (Wildman–Crippen LogP) is 1.85. The topological polar surface area (TPSA) is 52.3 Å². The van der Waals surface area contributed by atoms with Crippen LogP contribution in [0.5, 0.6) is 0 Å². The van der Waals surface area contributed by atoms with Gasteiger partial charge in [-0.05, 0) is 6.42 Å². The Labute approximate surface area is 80.6 Å². The number of carbonyl (C=O) groups excluding carboxylic acids is 1. The van der Waals surface area contributed by atoms with E-state index in [9.17, 15) is 4.79 Å². The Kier molecular flexibility index (Phi) is 9.10. The van der Waals surface area contributed by atoms with Crippen molar-refractivity contribution in [1.29, 1.82) is 0 Å². The van der Waals surface area contributed by atoms with Crippen LogP contribution >= 0.6 is 0 Å². The van der Waals surface area contributed by atoms with Gasteiger partial charge in [0, 0.05) is 13.0 Å². The van der Waals surface area contributed by atoms with Crippen LogP contribution in [-0.2, 0) is 9.53 Å². The molecule has 3 heteroatoms. The van der Waals surface area contributed by atoms with Crippen molar-refractivity contribution >= 4 is 5.91 Å². The van der Waals surface area contributed by atoms with Crippen molar-refractivity contribution in [3.63, 3.8) is 0 Å². The first-order chi connectivity index (χ1) is 6.27. The number of nitrogens with two attached hydrogens (primary N) is 1. The molecule has 0 atom stereocenters. The third kappa shape index (κ3) is 11.4. The molecule has 0 spiro atoms. The van der Waals surface area contributed by atoms with E-state index >= 15 is 0 Å². The minimum absolute atomic E-state index is 0.286. The standard InChI is InChI=1S/C10H21NO2/c1-2-3-4-5-6-8-13-9-7-10(11)12/h2-9H2,1H3,(H2,11,12). The van der Waals surface area contributed by atoms with Crippen LogP contribution in [0, 0.1) is 0 Å². The molecule has 3 nitrogen and oxygen atoms in total. The van der Waals surface area contributed by atoms with Gasteiger partial charge in [-0.3, -0.25) is 4.79 Å². The lowest BCUT2D eigenvalue weighted by molar-refractivity contribution is -0.119. The molecule has 0 aromatic rings. The largest absolute Gasteiger partial charge is 0.381 e. The highest BCUT2D eigenvalue weighted by Gasteiger charge is 1.94. The Hall–Kier alpha value is -0.570. The van der Waals surface area contributed by atoms with Gasteiger partial charge in [0.25, 0.3) is 0 Å². The van der Waals surface area contributed by atoms with Gasteiger partial charge in [-0.15, -0.1) is 0 Å². The maximum Gasteiger partial charge on any atom is 0.219 e. The summed E-state index contributed by atoms with van der Waals surface area (Å²) < 4.78 is 5.22. The summed E-state index contributed by atoms with van der Waals surface area (Å²) in [7, 11) is 0. The van der Waals surface area contributed by atoms with Crippen molar-refractivity contribution in [2.75, 3.05) is 13.2 Å². The Balaban J connectivity index is 2.87. The van der Waals surface area contributed by atoms with E-state index in [4.69, 9.17) is 10.5 Å². The van der Waals surface area contributed by atoms with Gasteiger partial charge < -0.3 is 10.5 Å². The van der Waals surface area contributed by atoms with E-state index in [1.165, 1.54) is 25.7 Å². The summed E-state index contributed by atoms with van der Waals surface area (Å²) in [5, 5.41) is 0. The van der Waals surface area contributed by atoms with Crippen molar-refractivity contribution < 1.29 is 9.53 Å². The Morgan fingerprint density at radius 3 is 2.46 bits per heavy atom. The fourth-order valence-corrected chi connectivity index (χ4v) is 1.08. The molecule has 0 rings (SSSR count). The fourth-order valence-electron chi connectivity index (χ4n) is 1.08. The molecule has 2 N–H and O–H groups in total. The fraction of sp³-hybridized carbons (Fsp3) is 0.900. The third-order valence-corrected chi connectivity index (χ3v) is 1.89. The maximum atomic E-state index is 10.3. The van der Waals surface area contributed by atoms with Gasteiger partial charge in [0.05, 0.1) is 6.61 Å². The Morgan fingerprint density at radius 1 is 1.15 bits per heavy atom. The molecule has 0 aromatic heterocycles. The van der Waals surface area contributed by atoms with Gasteiger partial charge in [-0.25, -0.2) is 0 Å². The molecule has 0 unspecified atom stereocenters. The third-order valence-electron chi connectivity index (χ3n) is 1.89. The van der Waals surface area contributed by atoms with Crippen LogP contribution in [0.2, 0.25) is 0 Å². The van der Waals surface area contributed by atoms with Gasteiger partial charge in [0.15, 0.2) is 0 Å². The van der Waals surface area contributed by atoms with Gasteiger partial charge in [0.2, 0.25) is 5.91 Å². The normalized spacial score (nSPS) is 10.2. The molecule has 0 aliphatic carbocycles. The zero-order valence-electron chi connectivity index (χ0n) is 8.55. The number of carbonyl (C=O) groups is 1. The summed E-state index contributed by atoms with van der Waals surface area (Å²) in [6, 6.07) is 0. The van der Waals surface area contributed by atoms with E-state index in [2.05, 4.69) is 6.92 Å². The summed E-state index contributed by atoms with van der Waals surface area (Å²) in [5.74, 6) is -0.286. The van der Waals surface area contributed by atoms with Gasteiger partial charge in [-0.2, -0.15) is 0 Å². The summed E-state index contributed by atoms with van der Waals surface area (Å²) in [4.78, 5) is 10.3. The molecule has 0 aliphatic rings. The van der Waals surface area contributed by atoms with Crippen LogP contribution in [0.4, 0.5) is 0 Å². The number of unbranched alkanes of at least 4 members (excludes halogenated alkanes) is 4. The van der Waals surface area contributed by atoms with Crippen LogP contribution < -0.4 is 5.73 Å². The number of ether oxygens (including phenoxy) is 1. The molecular formula is C10H21NO2. The SMILES string of the molecule is CCCCCCCOCCC(N)=O. The van der Waals surface area contributed by atoms with E-state index in [-0.39, 0.29) is 5.91 Å². The molecule has 0 bridgehead atoms. The van der Waals surface area contributed by atoms with E-state index in [1.54, 1.807) is 0 Å². The second-order valence-corrected chi connectivity index (χ2v) is 3.24. The average molecular weight is 187 g/mol. The van der Waals surface area contributed by atoms with Crippen LogP contribution in [0.3, 0.4) is 0 Å². The number of primary amides is 1. The molecule has 0 fully saturated rings. The lowest BCUT2D eigenvalue weighted by atomic mass is 10.2. The molecule has 0 heterocycles. The highest BCUT2D eigenvalue weighted by molar-refractivity contribution is 5.73. The Morgan fingerprint density at radius 2 is 1.85 bits per heavy atom. The number of rotatable bonds is 9. The lowest BCUT2D eigenvalue weighted by Gasteiger charge is -2.02. The van der Waals surface area contributed by atoms with Crippen LogP contribution in [0.1, 0.15) is 45.4 Å². The first kappa shape index (κ1) is 12.4. The molecule has 0 saturated heterocycles. The predicted molar refractivity (Wildman–Crippen MR) is 53.4 cm³/mol. The summed E-state index contributed by atoms with van der Waals surface area (Å²) in [6.07, 6.45) is 6.53. The van der Waals surface area contributed by atoms with Crippen molar-refractivity contribution in [1.82, 2.24) is 0 Å². The van der Waals surface area contributed by atoms with Crippen molar-refractivity contribution in [2.45, 2.75) is 45.4 Å². The first-order valence-corrected chi connectivity index (χ1v) is 5.13. The van der Waals surface area contributed by atoms with Crippen molar-refractivity contribution in [3.8, 4) is 0 Å². The highest BCUT2D eigenvalue weighted by Crippen LogP contribution is 2.02. The minimum Gasteiger partial charge on any atom is -0.381 e. The summed E-state index contributed by atoms with van der Waals surface area (Å²) in [6.45, 7) is 3.43. The van der Waals surface area contributed by atoms with Crippen molar-refractivity contribution in [3.05, 3.63) is 0 Å². The van der Waals surface area contributed by atoms with E-state index in [1.807, 2.05) is 0 Å². The second kappa shape index (κ2) is 9.52. The smallest absolute Gasteiger partial charge is 0.219 e. The average Bonchev–Trinajstić information content (AvgIpc) is 2.09. The van der Waals surface area contributed by atoms with Gasteiger partial charge >= 0.3 is 0 Å². The highest BCUT2D eigenvalue weighted by atomic mass is 16.5. The van der Waals surface area contributed by atoms with Crippen LogP contribution in [-0.4, -0.2) is 19.1 Å². The van der Waals surface area contributed by atoms with E-state index < -0.39 is 0 Å². The number of amides is 1. The molecule has 13 heavy (non-hydrogen) atoms. The Bertz CT molecular complexity index is 126. The molecule has 1 amide bonds. The first-order valence-electron chi connectivity index (χ1n) is 5.13. The zero-order valence-corrected chi connectivity index (χ0v) is 8.55. The van der Waals surface area contributed by atoms with Crippen LogP contribution in [0.25, 0.3) is 0 Å². The number of hydrogen-bond acceptors (Lipinski definition) is 2. The number of hydrogen-bond donors (Lipinski definition) is 1.